The molecule has 0 aliphatic carbocycles. The van der Waals surface area contributed by atoms with Crippen LogP contribution in [0.4, 0.5) is 0 Å². The van der Waals surface area contributed by atoms with Crippen LogP contribution < -0.4 is 15.6 Å². The number of ether oxygens (including phenoxy) is 1. The van der Waals surface area contributed by atoms with Crippen LogP contribution in [0.15, 0.2) is 52.3 Å². The first-order valence-electron chi connectivity index (χ1n) is 10.7. The van der Waals surface area contributed by atoms with Gasteiger partial charge in [0.05, 0.1) is 17.2 Å². The Bertz CT molecular complexity index is 1100. The highest BCUT2D eigenvalue weighted by molar-refractivity contribution is 7.09. The van der Waals surface area contributed by atoms with Crippen LogP contribution in [0.2, 0.25) is 0 Å². The maximum atomic E-state index is 12.2. The lowest BCUT2D eigenvalue weighted by molar-refractivity contribution is -0.117. The van der Waals surface area contributed by atoms with Gasteiger partial charge in [-0.05, 0) is 55.9 Å². The Hall–Kier alpha value is -3.43. The van der Waals surface area contributed by atoms with Crippen molar-refractivity contribution in [1.29, 1.82) is 0 Å². The van der Waals surface area contributed by atoms with Crippen LogP contribution in [0.5, 0.6) is 5.75 Å². The van der Waals surface area contributed by atoms with E-state index in [1.54, 1.807) is 29.5 Å². The number of benzene rings is 1. The molecular formula is C24H28N4O4S. The fraction of sp³-hybridized carbons (Fsp3) is 0.292. The summed E-state index contributed by atoms with van der Waals surface area (Å²) in [7, 11) is 0. The van der Waals surface area contributed by atoms with Gasteiger partial charge in [-0.3, -0.25) is 25.3 Å². The summed E-state index contributed by atoms with van der Waals surface area (Å²) >= 11 is 1.58. The minimum Gasteiger partial charge on any atom is -0.487 e. The minimum atomic E-state index is -0.518. The predicted molar refractivity (Wildman–Crippen MR) is 128 cm³/mol. The van der Waals surface area contributed by atoms with E-state index < -0.39 is 11.8 Å². The van der Waals surface area contributed by atoms with E-state index in [1.807, 2.05) is 36.6 Å². The van der Waals surface area contributed by atoms with Crippen LogP contribution in [0, 0.1) is 6.92 Å². The number of aryl methyl sites for hydroxylation is 1. The van der Waals surface area contributed by atoms with E-state index in [1.165, 1.54) is 6.08 Å². The molecule has 0 radical (unpaired) electrons. The second kappa shape index (κ2) is 12.0. The zero-order chi connectivity index (χ0) is 23.6. The van der Waals surface area contributed by atoms with Crippen molar-refractivity contribution < 1.29 is 18.7 Å². The van der Waals surface area contributed by atoms with Gasteiger partial charge in [-0.2, -0.15) is 0 Å². The van der Waals surface area contributed by atoms with Crippen LogP contribution in [-0.4, -0.2) is 34.8 Å². The fourth-order valence-electron chi connectivity index (χ4n) is 2.99. The number of hydrazine groups is 1. The predicted octanol–water partition coefficient (Wildman–Crippen LogP) is 3.94. The Kier molecular flexibility index (Phi) is 8.79. The second-order valence-electron chi connectivity index (χ2n) is 7.22. The molecule has 8 nitrogen and oxygen atoms in total. The third kappa shape index (κ3) is 7.58. The molecule has 2 N–H and O–H groups in total. The van der Waals surface area contributed by atoms with Gasteiger partial charge in [-0.15, -0.1) is 11.3 Å². The molecule has 0 aliphatic heterocycles. The number of amides is 2. The van der Waals surface area contributed by atoms with E-state index in [-0.39, 0.29) is 5.76 Å². The number of carbonyl (C=O) groups excluding carboxylic acids is 2. The molecule has 3 aromatic rings. The Morgan fingerprint density at radius 2 is 2.00 bits per heavy atom. The Morgan fingerprint density at radius 3 is 2.73 bits per heavy atom. The molecule has 2 aromatic heterocycles. The van der Waals surface area contributed by atoms with E-state index in [2.05, 4.69) is 34.6 Å². The van der Waals surface area contributed by atoms with Gasteiger partial charge in [0.2, 0.25) is 0 Å². The highest BCUT2D eigenvalue weighted by Gasteiger charge is 2.13. The second-order valence-corrected chi connectivity index (χ2v) is 8.29. The number of carbonyl (C=O) groups is 2. The first kappa shape index (κ1) is 24.2. The average molecular weight is 469 g/mol. The quantitative estimate of drug-likeness (QED) is 0.346. The lowest BCUT2D eigenvalue weighted by Gasteiger charge is -2.15. The lowest BCUT2D eigenvalue weighted by atomic mass is 10.2. The van der Waals surface area contributed by atoms with Gasteiger partial charge in [0.25, 0.3) is 5.91 Å². The van der Waals surface area contributed by atoms with Gasteiger partial charge < -0.3 is 9.15 Å². The summed E-state index contributed by atoms with van der Waals surface area (Å²) < 4.78 is 11.3. The Labute approximate surface area is 197 Å². The summed E-state index contributed by atoms with van der Waals surface area (Å²) in [6, 6.07) is 10.7. The van der Waals surface area contributed by atoms with Crippen molar-refractivity contribution in [2.45, 2.75) is 33.9 Å². The van der Waals surface area contributed by atoms with Crippen molar-refractivity contribution in [1.82, 2.24) is 20.7 Å². The number of nitrogens with zero attached hydrogens (tertiary/aromatic N) is 2. The molecule has 174 valence electrons. The normalized spacial score (nSPS) is 11.2. The summed E-state index contributed by atoms with van der Waals surface area (Å²) in [5.41, 5.74) is 6.37. The number of nitrogens with one attached hydrogen (secondary N) is 2. The zero-order valence-corrected chi connectivity index (χ0v) is 19.8. The zero-order valence-electron chi connectivity index (χ0n) is 19.0. The molecule has 0 fully saturated rings. The molecule has 0 atom stereocenters. The number of aromatic nitrogens is 1. The first-order valence-corrected chi connectivity index (χ1v) is 11.6. The fourth-order valence-corrected chi connectivity index (χ4v) is 3.58. The minimum absolute atomic E-state index is 0.140. The largest absolute Gasteiger partial charge is 0.487 e. The van der Waals surface area contributed by atoms with Crippen LogP contribution in [-0.2, 0) is 17.9 Å². The molecule has 0 spiro atoms. The van der Waals surface area contributed by atoms with Gasteiger partial charge in [-0.25, -0.2) is 4.98 Å². The standard InChI is InChI=1S/C24H28N4O4S/c1-4-28(5-2)14-21-10-11-22(32-21)24(30)27-26-23(29)12-9-18-7-6-8-20(13-18)31-15-19-16-33-17(3)25-19/h6-13,16H,4-5,14-15H2,1-3H3,(H,26,29)(H,27,30)/b12-9+. The molecule has 1 aromatic carbocycles. The Morgan fingerprint density at radius 1 is 1.18 bits per heavy atom. The van der Waals surface area contributed by atoms with Crippen LogP contribution in [0.3, 0.4) is 0 Å². The summed E-state index contributed by atoms with van der Waals surface area (Å²) in [4.78, 5) is 30.9. The molecule has 0 bridgehead atoms. The SMILES string of the molecule is CCN(CC)Cc1ccc(C(=O)NNC(=O)/C=C/c2cccc(OCc3csc(C)n3)c2)o1. The van der Waals surface area contributed by atoms with Gasteiger partial charge in [-0.1, -0.05) is 26.0 Å². The Balaban J connectivity index is 1.47. The van der Waals surface area contributed by atoms with E-state index in [0.717, 1.165) is 29.4 Å². The van der Waals surface area contributed by atoms with Crippen LogP contribution >= 0.6 is 11.3 Å². The summed E-state index contributed by atoms with van der Waals surface area (Å²) in [6.45, 7) is 8.87. The van der Waals surface area contributed by atoms with Gasteiger partial charge in [0, 0.05) is 11.5 Å². The maximum absolute atomic E-state index is 12.2. The molecular weight excluding hydrogens is 440 g/mol. The topological polar surface area (TPSA) is 96.7 Å². The number of rotatable bonds is 10. The monoisotopic (exact) mass is 468 g/mol. The smallest absolute Gasteiger partial charge is 0.305 e. The highest BCUT2D eigenvalue weighted by atomic mass is 32.1. The third-order valence-corrected chi connectivity index (χ3v) is 5.62. The molecule has 0 saturated carbocycles. The van der Waals surface area contributed by atoms with Crippen molar-refractivity contribution >= 4 is 29.2 Å². The van der Waals surface area contributed by atoms with Crippen molar-refractivity contribution in [2.75, 3.05) is 13.1 Å². The first-order chi connectivity index (χ1) is 16.0. The summed E-state index contributed by atoms with van der Waals surface area (Å²) in [5, 5.41) is 2.96. The van der Waals surface area contributed by atoms with Crippen LogP contribution in [0.1, 0.15) is 46.4 Å². The van der Waals surface area contributed by atoms with E-state index >= 15 is 0 Å². The maximum Gasteiger partial charge on any atom is 0.305 e. The van der Waals surface area contributed by atoms with Crippen molar-refractivity contribution in [3.8, 4) is 5.75 Å². The van der Waals surface area contributed by atoms with Crippen molar-refractivity contribution in [2.24, 2.45) is 0 Å². The molecule has 0 aliphatic rings. The third-order valence-electron chi connectivity index (χ3n) is 4.80. The average Bonchev–Trinajstić information content (AvgIpc) is 3.47. The molecule has 2 heterocycles. The number of furan rings is 1. The van der Waals surface area contributed by atoms with Gasteiger partial charge in [0.15, 0.2) is 5.76 Å². The van der Waals surface area contributed by atoms with E-state index in [9.17, 15) is 9.59 Å². The summed E-state index contributed by atoms with van der Waals surface area (Å²) in [5.74, 6) is 0.524. The number of hydrogen-bond donors (Lipinski definition) is 2. The molecule has 33 heavy (non-hydrogen) atoms. The molecule has 3 rings (SSSR count). The van der Waals surface area contributed by atoms with Gasteiger partial charge in [0.1, 0.15) is 18.1 Å². The van der Waals surface area contributed by atoms with E-state index in [0.29, 0.717) is 24.7 Å². The summed E-state index contributed by atoms with van der Waals surface area (Å²) in [6.07, 6.45) is 2.97. The number of hydrogen-bond acceptors (Lipinski definition) is 7. The highest BCUT2D eigenvalue weighted by Crippen LogP contribution is 2.17. The van der Waals surface area contributed by atoms with Gasteiger partial charge >= 0.3 is 5.91 Å². The van der Waals surface area contributed by atoms with Crippen molar-refractivity contribution in [3.63, 3.8) is 0 Å². The van der Waals surface area contributed by atoms with Crippen LogP contribution in [0.25, 0.3) is 6.08 Å². The molecule has 0 unspecified atom stereocenters. The number of thiazole rings is 1. The van der Waals surface area contributed by atoms with E-state index in [4.69, 9.17) is 9.15 Å². The van der Waals surface area contributed by atoms with Crippen molar-refractivity contribution in [3.05, 3.63) is 75.6 Å². The molecule has 9 heteroatoms. The molecule has 2 amide bonds. The lowest BCUT2D eigenvalue weighted by Crippen LogP contribution is -2.40. The molecule has 0 saturated heterocycles.